The molecule has 2 heterocycles. The molecule has 1 unspecified atom stereocenters. The van der Waals surface area contributed by atoms with Gasteiger partial charge in [-0.25, -0.2) is 0 Å². The SMILES string of the molecule is COc1cncc(OC2CCC(NC(=O)C3CCCN(C)C3)CC2)n1. The summed E-state index contributed by atoms with van der Waals surface area (Å²) >= 11 is 0. The number of aromatic nitrogens is 2. The fourth-order valence-corrected chi connectivity index (χ4v) is 3.68. The van der Waals surface area contributed by atoms with Crippen LogP contribution in [0.4, 0.5) is 0 Å². The summed E-state index contributed by atoms with van der Waals surface area (Å²) in [7, 11) is 3.65. The van der Waals surface area contributed by atoms with Crippen molar-refractivity contribution in [1.82, 2.24) is 20.2 Å². The minimum absolute atomic E-state index is 0.121. The maximum Gasteiger partial charge on any atom is 0.235 e. The standard InChI is InChI=1S/C18H28N4O3/c1-22-9-3-4-13(12-22)18(23)20-14-5-7-15(8-6-14)25-17-11-19-10-16(21-17)24-2/h10-11,13-15H,3-9,12H2,1-2H3,(H,20,23). The molecule has 0 spiro atoms. The lowest BCUT2D eigenvalue weighted by atomic mass is 9.91. The Bertz CT molecular complexity index is 575. The van der Waals surface area contributed by atoms with Gasteiger partial charge in [-0.3, -0.25) is 9.78 Å². The third kappa shape index (κ3) is 5.04. The highest BCUT2D eigenvalue weighted by Crippen LogP contribution is 2.24. The number of hydrogen-bond acceptors (Lipinski definition) is 6. The lowest BCUT2D eigenvalue weighted by Gasteiger charge is -2.32. The molecule has 0 bridgehead atoms. The Morgan fingerprint density at radius 2 is 1.96 bits per heavy atom. The Kier molecular flexibility index (Phi) is 6.07. The van der Waals surface area contributed by atoms with Crippen LogP contribution in [0.1, 0.15) is 38.5 Å². The van der Waals surface area contributed by atoms with Crippen LogP contribution in [-0.4, -0.2) is 60.2 Å². The van der Waals surface area contributed by atoms with E-state index < -0.39 is 0 Å². The van der Waals surface area contributed by atoms with Gasteiger partial charge in [0.15, 0.2) is 0 Å². The van der Waals surface area contributed by atoms with Crippen LogP contribution < -0.4 is 14.8 Å². The quantitative estimate of drug-likeness (QED) is 0.872. The van der Waals surface area contributed by atoms with Crippen molar-refractivity contribution in [2.45, 2.75) is 50.7 Å². The van der Waals surface area contributed by atoms with E-state index in [4.69, 9.17) is 9.47 Å². The van der Waals surface area contributed by atoms with Crippen LogP contribution in [0.15, 0.2) is 12.4 Å². The Morgan fingerprint density at radius 1 is 1.20 bits per heavy atom. The second-order valence-corrected chi connectivity index (χ2v) is 7.10. The predicted octanol–water partition coefficient (Wildman–Crippen LogP) is 1.63. The van der Waals surface area contributed by atoms with Gasteiger partial charge < -0.3 is 19.7 Å². The average molecular weight is 348 g/mol. The lowest BCUT2D eigenvalue weighted by Crippen LogP contribution is -2.46. The summed E-state index contributed by atoms with van der Waals surface area (Å²) in [4.78, 5) is 23.0. The average Bonchev–Trinajstić information content (AvgIpc) is 2.63. The molecule has 0 radical (unpaired) electrons. The summed E-state index contributed by atoms with van der Waals surface area (Å²) in [5.41, 5.74) is 0. The first-order chi connectivity index (χ1) is 12.1. The Morgan fingerprint density at radius 3 is 2.68 bits per heavy atom. The zero-order valence-electron chi connectivity index (χ0n) is 15.1. The van der Waals surface area contributed by atoms with E-state index in [-0.39, 0.29) is 24.0 Å². The third-order valence-corrected chi connectivity index (χ3v) is 5.10. The summed E-state index contributed by atoms with van der Waals surface area (Å²) in [6.07, 6.45) is 9.10. The van der Waals surface area contributed by atoms with Crippen molar-refractivity contribution in [3.63, 3.8) is 0 Å². The molecule has 0 aromatic carbocycles. The Labute approximate surface area is 149 Å². The highest BCUT2D eigenvalue weighted by Gasteiger charge is 2.28. The molecule has 7 nitrogen and oxygen atoms in total. The van der Waals surface area contributed by atoms with Crippen molar-refractivity contribution in [3.8, 4) is 11.8 Å². The van der Waals surface area contributed by atoms with E-state index in [1.165, 1.54) is 0 Å². The van der Waals surface area contributed by atoms with Gasteiger partial charge >= 0.3 is 0 Å². The van der Waals surface area contributed by atoms with Crippen LogP contribution >= 0.6 is 0 Å². The van der Waals surface area contributed by atoms with E-state index in [1.54, 1.807) is 19.5 Å². The number of methoxy groups -OCH3 is 1. The molecular weight excluding hydrogens is 320 g/mol. The molecule has 1 aromatic rings. The topological polar surface area (TPSA) is 76.6 Å². The predicted molar refractivity (Wildman–Crippen MR) is 93.6 cm³/mol. The molecule has 1 aromatic heterocycles. The number of carbonyl (C=O) groups excluding carboxylic acids is 1. The maximum atomic E-state index is 12.5. The number of carbonyl (C=O) groups is 1. The fraction of sp³-hybridized carbons (Fsp3) is 0.722. The molecular formula is C18H28N4O3. The summed E-state index contributed by atoms with van der Waals surface area (Å²) in [5.74, 6) is 1.31. The summed E-state index contributed by atoms with van der Waals surface area (Å²) in [6.45, 7) is 1.97. The van der Waals surface area contributed by atoms with Gasteiger partial charge in [0, 0.05) is 12.6 Å². The number of amides is 1. The monoisotopic (exact) mass is 348 g/mol. The Balaban J connectivity index is 1.43. The van der Waals surface area contributed by atoms with E-state index >= 15 is 0 Å². The van der Waals surface area contributed by atoms with Crippen LogP contribution in [0, 0.1) is 5.92 Å². The first-order valence-corrected chi connectivity index (χ1v) is 9.15. The molecule has 1 aliphatic heterocycles. The van der Waals surface area contributed by atoms with Gasteiger partial charge in [0.25, 0.3) is 0 Å². The molecule has 25 heavy (non-hydrogen) atoms. The van der Waals surface area contributed by atoms with Crippen LogP contribution in [0.3, 0.4) is 0 Å². The summed E-state index contributed by atoms with van der Waals surface area (Å²) in [6, 6.07) is 0.260. The molecule has 1 N–H and O–H groups in total. The van der Waals surface area contributed by atoms with Gasteiger partial charge in [0.1, 0.15) is 6.10 Å². The molecule has 1 atom stereocenters. The molecule has 1 saturated carbocycles. The van der Waals surface area contributed by atoms with Gasteiger partial charge in [0.2, 0.25) is 17.7 Å². The van der Waals surface area contributed by atoms with E-state index in [2.05, 4.69) is 27.2 Å². The first kappa shape index (κ1) is 17.9. The third-order valence-electron chi connectivity index (χ3n) is 5.10. The molecule has 2 fully saturated rings. The van der Waals surface area contributed by atoms with Crippen LogP contribution in [0.2, 0.25) is 0 Å². The minimum Gasteiger partial charge on any atom is -0.480 e. The summed E-state index contributed by atoms with van der Waals surface area (Å²) < 4.78 is 11.0. The van der Waals surface area contributed by atoms with Crippen molar-refractivity contribution in [1.29, 1.82) is 0 Å². The molecule has 7 heteroatoms. The lowest BCUT2D eigenvalue weighted by molar-refractivity contribution is -0.127. The van der Waals surface area contributed by atoms with E-state index in [0.717, 1.165) is 51.6 Å². The van der Waals surface area contributed by atoms with E-state index in [9.17, 15) is 4.79 Å². The number of piperidine rings is 1. The second-order valence-electron chi connectivity index (χ2n) is 7.10. The second kappa shape index (κ2) is 8.47. The van der Waals surface area contributed by atoms with E-state index in [1.807, 2.05) is 0 Å². The zero-order valence-corrected chi connectivity index (χ0v) is 15.1. The van der Waals surface area contributed by atoms with Crippen molar-refractivity contribution >= 4 is 5.91 Å². The minimum atomic E-state index is 0.121. The van der Waals surface area contributed by atoms with Crippen molar-refractivity contribution in [2.24, 2.45) is 5.92 Å². The van der Waals surface area contributed by atoms with Crippen molar-refractivity contribution in [3.05, 3.63) is 12.4 Å². The molecule has 1 aliphatic carbocycles. The number of rotatable bonds is 5. The summed E-state index contributed by atoms with van der Waals surface area (Å²) in [5, 5.41) is 3.24. The van der Waals surface area contributed by atoms with E-state index in [0.29, 0.717) is 11.8 Å². The van der Waals surface area contributed by atoms with Gasteiger partial charge in [-0.1, -0.05) is 0 Å². The smallest absolute Gasteiger partial charge is 0.235 e. The largest absolute Gasteiger partial charge is 0.480 e. The van der Waals surface area contributed by atoms with Gasteiger partial charge in [-0.15, -0.1) is 0 Å². The molecule has 2 aliphatic rings. The molecule has 1 saturated heterocycles. The first-order valence-electron chi connectivity index (χ1n) is 9.15. The number of likely N-dealkylation sites (tertiary alicyclic amines) is 1. The molecule has 138 valence electrons. The zero-order chi connectivity index (χ0) is 17.6. The van der Waals surface area contributed by atoms with Gasteiger partial charge in [-0.05, 0) is 52.1 Å². The normalized spacial score (nSPS) is 27.5. The maximum absolute atomic E-state index is 12.5. The van der Waals surface area contributed by atoms with Gasteiger partial charge in [-0.2, -0.15) is 4.98 Å². The number of ether oxygens (including phenoxy) is 2. The van der Waals surface area contributed by atoms with Crippen LogP contribution in [0.5, 0.6) is 11.8 Å². The highest BCUT2D eigenvalue weighted by atomic mass is 16.5. The number of nitrogens with zero attached hydrogens (tertiary/aromatic N) is 3. The number of hydrogen-bond donors (Lipinski definition) is 1. The number of nitrogens with one attached hydrogen (secondary N) is 1. The van der Waals surface area contributed by atoms with Crippen LogP contribution in [-0.2, 0) is 4.79 Å². The van der Waals surface area contributed by atoms with Crippen molar-refractivity contribution in [2.75, 3.05) is 27.2 Å². The van der Waals surface area contributed by atoms with Crippen molar-refractivity contribution < 1.29 is 14.3 Å². The molecule has 1 amide bonds. The Hall–Kier alpha value is -1.89. The highest BCUT2D eigenvalue weighted by molar-refractivity contribution is 5.79. The fourth-order valence-electron chi connectivity index (χ4n) is 3.68. The van der Waals surface area contributed by atoms with Crippen LogP contribution in [0.25, 0.3) is 0 Å². The molecule has 3 rings (SSSR count). The van der Waals surface area contributed by atoms with Gasteiger partial charge in [0.05, 0.1) is 25.4 Å².